The van der Waals surface area contributed by atoms with Crippen molar-refractivity contribution >= 4 is 5.78 Å². The van der Waals surface area contributed by atoms with Gasteiger partial charge in [-0.1, -0.05) is 20.8 Å². The van der Waals surface area contributed by atoms with E-state index in [2.05, 4.69) is 20.8 Å². The molecule has 68 valence electrons. The molecule has 2 rings (SSSR count). The van der Waals surface area contributed by atoms with Gasteiger partial charge in [0.2, 0.25) is 0 Å². The van der Waals surface area contributed by atoms with Crippen molar-refractivity contribution in [3.05, 3.63) is 0 Å². The molecular formula is C11H18O. The largest absolute Gasteiger partial charge is 0.299 e. The smallest absolute Gasteiger partial charge is 0.139 e. The number of Topliss-reactive ketones (excluding diaryl/α,β-unsaturated/α-hetero) is 1. The first kappa shape index (κ1) is 8.28. The summed E-state index contributed by atoms with van der Waals surface area (Å²) in [6.45, 7) is 6.73. The number of rotatable bonds is 0. The van der Waals surface area contributed by atoms with Crippen LogP contribution in [0.15, 0.2) is 0 Å². The molecule has 12 heavy (non-hydrogen) atoms. The highest BCUT2D eigenvalue weighted by Crippen LogP contribution is 2.61. The van der Waals surface area contributed by atoms with Gasteiger partial charge in [-0.25, -0.2) is 0 Å². The first-order valence-corrected chi connectivity index (χ1v) is 5.02. The summed E-state index contributed by atoms with van der Waals surface area (Å²) in [5, 5.41) is 0. The molecule has 0 amide bonds. The van der Waals surface area contributed by atoms with Gasteiger partial charge >= 0.3 is 0 Å². The van der Waals surface area contributed by atoms with Gasteiger partial charge < -0.3 is 0 Å². The molecular weight excluding hydrogens is 148 g/mol. The van der Waals surface area contributed by atoms with Crippen LogP contribution < -0.4 is 0 Å². The maximum Gasteiger partial charge on any atom is 0.139 e. The van der Waals surface area contributed by atoms with E-state index < -0.39 is 0 Å². The minimum absolute atomic E-state index is 0.00984. The van der Waals surface area contributed by atoms with Gasteiger partial charge in [0, 0.05) is 11.8 Å². The van der Waals surface area contributed by atoms with E-state index in [9.17, 15) is 4.79 Å². The molecule has 0 aromatic heterocycles. The molecule has 0 N–H and O–H groups in total. The summed E-state index contributed by atoms with van der Waals surface area (Å²) in [7, 11) is 0. The zero-order valence-corrected chi connectivity index (χ0v) is 8.31. The van der Waals surface area contributed by atoms with Crippen molar-refractivity contribution < 1.29 is 4.79 Å². The number of carbonyl (C=O) groups is 1. The average Bonchev–Trinajstić information content (AvgIpc) is 2.17. The number of carbonyl (C=O) groups excluding carboxylic acids is 1. The summed E-state index contributed by atoms with van der Waals surface area (Å²) in [6, 6.07) is 0. The molecule has 2 bridgehead atoms. The predicted molar refractivity (Wildman–Crippen MR) is 48.9 cm³/mol. The first-order chi connectivity index (χ1) is 5.48. The third-order valence-electron chi connectivity index (χ3n) is 4.77. The van der Waals surface area contributed by atoms with Gasteiger partial charge in [0.05, 0.1) is 0 Å². The van der Waals surface area contributed by atoms with Gasteiger partial charge in [-0.15, -0.1) is 0 Å². The van der Waals surface area contributed by atoms with E-state index in [4.69, 9.17) is 0 Å². The molecule has 1 heteroatoms. The Morgan fingerprint density at radius 3 is 2.50 bits per heavy atom. The average molecular weight is 166 g/mol. The molecule has 2 unspecified atom stereocenters. The summed E-state index contributed by atoms with van der Waals surface area (Å²) < 4.78 is 0. The quantitative estimate of drug-likeness (QED) is 0.541. The van der Waals surface area contributed by atoms with Crippen molar-refractivity contribution in [1.82, 2.24) is 0 Å². The molecule has 0 aromatic rings. The van der Waals surface area contributed by atoms with E-state index in [-0.39, 0.29) is 10.8 Å². The van der Waals surface area contributed by atoms with E-state index in [1.165, 1.54) is 6.42 Å². The second kappa shape index (κ2) is 2.12. The topological polar surface area (TPSA) is 17.1 Å². The molecule has 0 saturated heterocycles. The number of hydrogen-bond donors (Lipinski definition) is 0. The van der Waals surface area contributed by atoms with Gasteiger partial charge in [-0.3, -0.25) is 4.79 Å². The Bertz CT molecular complexity index is 229. The van der Waals surface area contributed by atoms with Crippen LogP contribution in [0.3, 0.4) is 0 Å². The maximum absolute atomic E-state index is 11.8. The Kier molecular flexibility index (Phi) is 1.47. The number of fused-ring (bicyclic) bond motifs is 2. The minimum atomic E-state index is 0.00984. The normalized spacial score (nSPS) is 44.9. The summed E-state index contributed by atoms with van der Waals surface area (Å²) in [4.78, 5) is 11.8. The maximum atomic E-state index is 11.8. The van der Waals surface area contributed by atoms with Crippen molar-refractivity contribution in [2.24, 2.45) is 16.7 Å². The Morgan fingerprint density at radius 2 is 1.92 bits per heavy atom. The molecule has 2 saturated carbocycles. The Morgan fingerprint density at radius 1 is 1.25 bits per heavy atom. The van der Waals surface area contributed by atoms with Crippen LogP contribution in [-0.4, -0.2) is 5.78 Å². The molecule has 0 spiro atoms. The summed E-state index contributed by atoms with van der Waals surface area (Å²) in [5.74, 6) is 1.32. The molecule has 2 aliphatic rings. The van der Waals surface area contributed by atoms with Crippen LogP contribution in [-0.2, 0) is 4.79 Å². The van der Waals surface area contributed by atoms with Crippen LogP contribution >= 0.6 is 0 Å². The van der Waals surface area contributed by atoms with Gasteiger partial charge in [-0.05, 0) is 30.6 Å². The third kappa shape index (κ3) is 0.725. The van der Waals surface area contributed by atoms with E-state index >= 15 is 0 Å². The standard InChI is InChI=1S/C11H18O/c1-10(2)8-4-5-9(12)11(10,3)7-6-8/h8H,4-7H2,1-3H3. The SMILES string of the molecule is CC12CCC(CCC1=O)C2(C)C. The van der Waals surface area contributed by atoms with E-state index in [0.717, 1.165) is 25.2 Å². The van der Waals surface area contributed by atoms with Crippen molar-refractivity contribution in [3.63, 3.8) is 0 Å². The van der Waals surface area contributed by atoms with Crippen molar-refractivity contribution in [1.29, 1.82) is 0 Å². The fourth-order valence-corrected chi connectivity index (χ4v) is 3.18. The highest BCUT2D eigenvalue weighted by Gasteiger charge is 2.57. The van der Waals surface area contributed by atoms with Crippen LogP contribution in [0.4, 0.5) is 0 Å². The fraction of sp³-hybridized carbons (Fsp3) is 0.909. The zero-order chi connectivity index (χ0) is 8.98. The zero-order valence-electron chi connectivity index (χ0n) is 8.31. The van der Waals surface area contributed by atoms with Gasteiger partial charge in [-0.2, -0.15) is 0 Å². The van der Waals surface area contributed by atoms with E-state index in [0.29, 0.717) is 5.78 Å². The molecule has 0 aliphatic heterocycles. The Balaban J connectivity index is 2.43. The molecule has 2 fully saturated rings. The lowest BCUT2D eigenvalue weighted by atomic mass is 9.59. The van der Waals surface area contributed by atoms with Crippen LogP contribution in [0, 0.1) is 16.7 Å². The third-order valence-corrected chi connectivity index (χ3v) is 4.77. The fourth-order valence-electron chi connectivity index (χ4n) is 3.18. The Labute approximate surface area is 74.5 Å². The van der Waals surface area contributed by atoms with Gasteiger partial charge in [0.15, 0.2) is 0 Å². The van der Waals surface area contributed by atoms with Crippen molar-refractivity contribution in [2.45, 2.75) is 46.5 Å². The highest BCUT2D eigenvalue weighted by atomic mass is 16.1. The van der Waals surface area contributed by atoms with Gasteiger partial charge in [0.1, 0.15) is 5.78 Å². The summed E-state index contributed by atoms with van der Waals surface area (Å²) in [6.07, 6.45) is 4.38. The highest BCUT2D eigenvalue weighted by molar-refractivity contribution is 5.86. The molecule has 2 aliphatic carbocycles. The summed E-state index contributed by atoms with van der Waals surface area (Å²) in [5.41, 5.74) is 0.276. The van der Waals surface area contributed by atoms with Crippen LogP contribution in [0.2, 0.25) is 0 Å². The van der Waals surface area contributed by atoms with Crippen molar-refractivity contribution in [2.75, 3.05) is 0 Å². The second-order valence-electron chi connectivity index (χ2n) is 5.25. The number of ketones is 1. The van der Waals surface area contributed by atoms with Crippen molar-refractivity contribution in [3.8, 4) is 0 Å². The Hall–Kier alpha value is -0.330. The first-order valence-electron chi connectivity index (χ1n) is 5.02. The number of hydrogen-bond acceptors (Lipinski definition) is 1. The lowest BCUT2D eigenvalue weighted by Gasteiger charge is -2.44. The molecule has 0 heterocycles. The van der Waals surface area contributed by atoms with E-state index in [1.54, 1.807) is 0 Å². The molecule has 0 aromatic carbocycles. The minimum Gasteiger partial charge on any atom is -0.299 e. The van der Waals surface area contributed by atoms with E-state index in [1.807, 2.05) is 0 Å². The van der Waals surface area contributed by atoms with Crippen LogP contribution in [0.5, 0.6) is 0 Å². The monoisotopic (exact) mass is 166 g/mol. The second-order valence-corrected chi connectivity index (χ2v) is 5.25. The van der Waals surface area contributed by atoms with Gasteiger partial charge in [0.25, 0.3) is 0 Å². The summed E-state index contributed by atoms with van der Waals surface area (Å²) >= 11 is 0. The van der Waals surface area contributed by atoms with Crippen LogP contribution in [0.25, 0.3) is 0 Å². The molecule has 1 nitrogen and oxygen atoms in total. The van der Waals surface area contributed by atoms with Crippen LogP contribution in [0.1, 0.15) is 46.5 Å². The lowest BCUT2D eigenvalue weighted by Crippen LogP contribution is -2.44. The molecule has 0 radical (unpaired) electrons. The predicted octanol–water partition coefficient (Wildman–Crippen LogP) is 2.79. The molecule has 2 atom stereocenters. The lowest BCUT2D eigenvalue weighted by molar-refractivity contribution is -0.137.